The van der Waals surface area contributed by atoms with Crippen molar-refractivity contribution < 1.29 is 4.74 Å². The molecule has 0 fully saturated rings. The summed E-state index contributed by atoms with van der Waals surface area (Å²) in [6.45, 7) is 2.04. The monoisotopic (exact) mass is 477 g/mol. The minimum Gasteiger partial charge on any atom is -0.481 e. The number of ether oxygens (including phenoxy) is 1. The zero-order valence-electron chi connectivity index (χ0n) is 17.2. The number of halogens is 1. The van der Waals surface area contributed by atoms with E-state index in [0.717, 1.165) is 10.9 Å². The quantitative estimate of drug-likeness (QED) is 0.270. The molecule has 0 spiro atoms. The second-order valence-electron chi connectivity index (χ2n) is 6.59. The van der Waals surface area contributed by atoms with Crippen LogP contribution in [-0.2, 0) is 5.33 Å². The van der Waals surface area contributed by atoms with E-state index in [-0.39, 0.29) is 0 Å². The number of methoxy groups -OCH3 is 1. The molecule has 0 atom stereocenters. The Bertz CT molecular complexity index is 933. The van der Waals surface area contributed by atoms with Crippen LogP contribution in [0.5, 0.6) is 5.88 Å². The minimum atomic E-state index is -0.446. The molecule has 152 valence electrons. The van der Waals surface area contributed by atoms with Crippen LogP contribution in [0.2, 0.25) is 0 Å². The van der Waals surface area contributed by atoms with Gasteiger partial charge in [-0.1, -0.05) is 107 Å². The molecular formula is C26H25BrNOP. The standard InChI is InChI=1S/C18H15P.C8H10BrNO/c1-4-10-16(11-5-1)19(17-12-6-2-7-13-17)18-14-8-3-9-15-18;1-6-3-4-10-8(11-2)7(6)5-9/h1-15H;3-4H,5H2,1-2H3. The van der Waals surface area contributed by atoms with E-state index in [1.165, 1.54) is 21.5 Å². The van der Waals surface area contributed by atoms with E-state index in [0.29, 0.717) is 5.88 Å². The van der Waals surface area contributed by atoms with E-state index in [1.54, 1.807) is 13.3 Å². The Morgan fingerprint density at radius 2 is 1.17 bits per heavy atom. The van der Waals surface area contributed by atoms with Crippen LogP contribution in [-0.4, -0.2) is 12.1 Å². The lowest BCUT2D eigenvalue weighted by molar-refractivity contribution is 0.394. The van der Waals surface area contributed by atoms with Gasteiger partial charge in [-0.3, -0.25) is 0 Å². The maximum absolute atomic E-state index is 5.08. The van der Waals surface area contributed by atoms with Gasteiger partial charge in [0.15, 0.2) is 0 Å². The zero-order valence-corrected chi connectivity index (χ0v) is 19.7. The largest absolute Gasteiger partial charge is 0.481 e. The number of aryl methyl sites for hydroxylation is 1. The molecule has 0 amide bonds. The lowest BCUT2D eigenvalue weighted by Gasteiger charge is -2.18. The summed E-state index contributed by atoms with van der Waals surface area (Å²) in [6.07, 6.45) is 1.75. The molecule has 3 aromatic carbocycles. The molecule has 0 radical (unpaired) electrons. The van der Waals surface area contributed by atoms with Gasteiger partial charge >= 0.3 is 0 Å². The maximum Gasteiger partial charge on any atom is 0.217 e. The molecule has 0 aliphatic rings. The highest BCUT2D eigenvalue weighted by Crippen LogP contribution is 2.32. The van der Waals surface area contributed by atoms with E-state index in [4.69, 9.17) is 4.74 Å². The van der Waals surface area contributed by atoms with Gasteiger partial charge in [-0.25, -0.2) is 4.98 Å². The highest BCUT2D eigenvalue weighted by molar-refractivity contribution is 9.08. The molecule has 0 N–H and O–H groups in total. The number of alkyl halides is 1. The summed E-state index contributed by atoms with van der Waals surface area (Å²) in [5, 5.41) is 4.98. The van der Waals surface area contributed by atoms with E-state index in [9.17, 15) is 0 Å². The average Bonchev–Trinajstić information content (AvgIpc) is 2.81. The van der Waals surface area contributed by atoms with Crippen molar-refractivity contribution in [2.45, 2.75) is 12.3 Å². The number of pyridine rings is 1. The van der Waals surface area contributed by atoms with Crippen molar-refractivity contribution in [1.82, 2.24) is 4.98 Å². The van der Waals surface area contributed by atoms with Crippen molar-refractivity contribution in [2.24, 2.45) is 0 Å². The molecule has 4 aromatic rings. The third-order valence-electron chi connectivity index (χ3n) is 4.62. The summed E-state index contributed by atoms with van der Waals surface area (Å²) < 4.78 is 5.08. The molecule has 4 heteroatoms. The van der Waals surface area contributed by atoms with Gasteiger partial charge in [0.2, 0.25) is 5.88 Å². The molecule has 1 aromatic heterocycles. The molecule has 30 heavy (non-hydrogen) atoms. The third-order valence-corrected chi connectivity index (χ3v) is 7.63. The number of nitrogens with zero attached hydrogens (tertiary/aromatic N) is 1. The van der Waals surface area contributed by atoms with Gasteiger partial charge in [0.1, 0.15) is 0 Å². The van der Waals surface area contributed by atoms with Crippen LogP contribution >= 0.6 is 23.9 Å². The van der Waals surface area contributed by atoms with E-state index in [1.807, 2.05) is 13.0 Å². The summed E-state index contributed by atoms with van der Waals surface area (Å²) in [4.78, 5) is 4.08. The number of benzene rings is 3. The molecule has 4 rings (SSSR count). The molecule has 0 unspecified atom stereocenters. The van der Waals surface area contributed by atoms with Crippen molar-refractivity contribution in [2.75, 3.05) is 7.11 Å². The van der Waals surface area contributed by atoms with Crippen molar-refractivity contribution in [3.8, 4) is 5.88 Å². The van der Waals surface area contributed by atoms with Crippen LogP contribution in [0.1, 0.15) is 11.1 Å². The lowest BCUT2D eigenvalue weighted by atomic mass is 10.2. The van der Waals surface area contributed by atoms with Crippen LogP contribution in [0, 0.1) is 6.92 Å². The van der Waals surface area contributed by atoms with Crippen LogP contribution in [0.25, 0.3) is 0 Å². The van der Waals surface area contributed by atoms with E-state index >= 15 is 0 Å². The van der Waals surface area contributed by atoms with Gasteiger partial charge in [0.25, 0.3) is 0 Å². The number of hydrogen-bond donors (Lipinski definition) is 0. The molecule has 2 nitrogen and oxygen atoms in total. The first-order chi connectivity index (χ1) is 14.7. The van der Waals surface area contributed by atoms with E-state index in [2.05, 4.69) is 112 Å². The summed E-state index contributed by atoms with van der Waals surface area (Å²) in [7, 11) is 1.19. The predicted molar refractivity (Wildman–Crippen MR) is 133 cm³/mol. The van der Waals surface area contributed by atoms with E-state index < -0.39 is 7.92 Å². The van der Waals surface area contributed by atoms with Crippen LogP contribution in [0.15, 0.2) is 103 Å². The fraction of sp³-hybridized carbons (Fsp3) is 0.115. The minimum absolute atomic E-state index is 0.446. The molecule has 0 bridgehead atoms. The molecule has 0 aliphatic heterocycles. The lowest BCUT2D eigenvalue weighted by Crippen LogP contribution is -2.20. The van der Waals surface area contributed by atoms with Crippen LogP contribution in [0.4, 0.5) is 0 Å². The number of aromatic nitrogens is 1. The smallest absolute Gasteiger partial charge is 0.217 e. The topological polar surface area (TPSA) is 22.1 Å². The van der Waals surface area contributed by atoms with Crippen molar-refractivity contribution in [3.63, 3.8) is 0 Å². The molecule has 1 heterocycles. The SMILES string of the molecule is COc1nccc(C)c1CBr.c1ccc(P(c2ccccc2)c2ccccc2)cc1. The molecular weight excluding hydrogens is 453 g/mol. The van der Waals surface area contributed by atoms with Gasteiger partial charge in [-0.15, -0.1) is 0 Å². The van der Waals surface area contributed by atoms with Crippen molar-refractivity contribution in [1.29, 1.82) is 0 Å². The summed E-state index contributed by atoms with van der Waals surface area (Å²) in [6, 6.07) is 34.3. The fourth-order valence-corrected chi connectivity index (χ4v) is 6.07. The normalized spacial score (nSPS) is 10.3. The number of hydrogen-bond acceptors (Lipinski definition) is 2. The maximum atomic E-state index is 5.08. The zero-order chi connectivity index (χ0) is 21.2. The summed E-state index contributed by atoms with van der Waals surface area (Å²) in [5.41, 5.74) is 2.32. The van der Waals surface area contributed by atoms with Crippen LogP contribution in [0.3, 0.4) is 0 Å². The first-order valence-electron chi connectivity index (χ1n) is 9.74. The van der Waals surface area contributed by atoms with Gasteiger partial charge in [-0.05, 0) is 42.4 Å². The second kappa shape index (κ2) is 11.6. The predicted octanol–water partition coefficient (Wildman–Crippen LogP) is 5.74. The Hall–Kier alpha value is -2.48. The Labute approximate surface area is 188 Å². The third kappa shape index (κ3) is 5.78. The molecule has 0 aliphatic carbocycles. The van der Waals surface area contributed by atoms with Gasteiger partial charge in [0, 0.05) is 17.1 Å². The molecule has 0 saturated heterocycles. The Balaban J connectivity index is 0.000000199. The van der Waals surface area contributed by atoms with Crippen molar-refractivity contribution in [3.05, 3.63) is 114 Å². The first kappa shape index (κ1) is 22.2. The Morgan fingerprint density at radius 1 is 0.733 bits per heavy atom. The van der Waals surface area contributed by atoms with Crippen molar-refractivity contribution >= 4 is 39.8 Å². The van der Waals surface area contributed by atoms with Gasteiger partial charge < -0.3 is 4.74 Å². The first-order valence-corrected chi connectivity index (χ1v) is 12.2. The Morgan fingerprint density at radius 3 is 1.50 bits per heavy atom. The molecule has 0 saturated carbocycles. The summed E-state index contributed by atoms with van der Waals surface area (Å²) in [5.74, 6) is 0.710. The second-order valence-corrected chi connectivity index (χ2v) is 9.37. The van der Waals surface area contributed by atoms with Crippen LogP contribution < -0.4 is 20.7 Å². The fourth-order valence-electron chi connectivity index (χ4n) is 3.08. The summed E-state index contributed by atoms with van der Waals surface area (Å²) >= 11 is 3.38. The number of rotatable bonds is 5. The van der Waals surface area contributed by atoms with Gasteiger partial charge in [0.05, 0.1) is 7.11 Å². The van der Waals surface area contributed by atoms with Gasteiger partial charge in [-0.2, -0.15) is 0 Å². The average molecular weight is 478 g/mol. The highest BCUT2D eigenvalue weighted by Gasteiger charge is 2.15. The highest BCUT2D eigenvalue weighted by atomic mass is 79.9. The Kier molecular flexibility index (Phi) is 8.62.